The maximum atomic E-state index is 10.6. The fourth-order valence-corrected chi connectivity index (χ4v) is 14.5. The summed E-state index contributed by atoms with van der Waals surface area (Å²) >= 11 is 0. The molecule has 17 rings (SSSR count). The monoisotopic (exact) mass is 1010 g/mol. The van der Waals surface area contributed by atoms with E-state index in [0.29, 0.717) is 11.4 Å². The van der Waals surface area contributed by atoms with Crippen LogP contribution in [0, 0.1) is 0 Å². The Bertz CT molecular complexity index is 4420. The summed E-state index contributed by atoms with van der Waals surface area (Å²) in [5.41, 5.74) is 24.6. The SMILES string of the molecule is [2H]c1c([2H])c2c3c(c1[2H])N(c1cc4c(cc1-c1ccccc1)CCCC4)c1cc(-n4c5ccccc5c5ccccc54)ccc1B3c1ccc(-n3c4ccccc4c4ccccc43)cc1N2c1cc2c(cc1-c1ccccc1)CCCC2. The summed E-state index contributed by atoms with van der Waals surface area (Å²) in [4.78, 5) is 4.72. The Kier molecular flexibility index (Phi) is 9.32. The zero-order valence-corrected chi connectivity index (χ0v) is 43.8. The van der Waals surface area contributed by atoms with Crippen LogP contribution in [-0.2, 0) is 25.7 Å². The lowest BCUT2D eigenvalue weighted by Crippen LogP contribution is -2.61. The summed E-state index contributed by atoms with van der Waals surface area (Å²) in [5, 5.41) is 4.76. The van der Waals surface area contributed by atoms with Gasteiger partial charge in [-0.1, -0.05) is 152 Å². The first-order valence-corrected chi connectivity index (χ1v) is 28.4. The Morgan fingerprint density at radius 1 is 0.329 bits per heavy atom. The molecule has 2 aliphatic heterocycles. The highest BCUT2D eigenvalue weighted by atomic mass is 15.2. The number of rotatable bonds is 6. The number of para-hydroxylation sites is 4. The van der Waals surface area contributed by atoms with Crippen LogP contribution in [0.25, 0.3) is 77.2 Å². The van der Waals surface area contributed by atoms with Crippen LogP contribution in [0.4, 0.5) is 34.1 Å². The van der Waals surface area contributed by atoms with Crippen LogP contribution in [0.3, 0.4) is 0 Å². The standard InChI is InChI=1S/C74H55BN4/c1-3-20-48(21-4-1)60-42-50-24-7-9-26-52(50)44-70(60)78-68-36-19-37-69-74(68)75(62-40-38-54(46-72(62)78)76-64-32-15-11-28-56(64)57-29-12-16-33-65(57)76)63-41-39-55(77-66-34-17-13-30-58(66)59-31-14-18-35-67(59)77)47-73(63)79(69)71-45-53-27-10-8-25-51(53)43-61(71)49-22-5-2-6-23-49/h1-6,11-23,28-47H,7-10,24-27H2/i19D,36D,37D. The van der Waals surface area contributed by atoms with Crippen molar-refractivity contribution in [3.63, 3.8) is 0 Å². The van der Waals surface area contributed by atoms with E-state index in [1.165, 1.54) is 43.8 Å². The van der Waals surface area contributed by atoms with Gasteiger partial charge in [0.1, 0.15) is 0 Å². The molecule has 0 amide bonds. The molecule has 0 N–H and O–H groups in total. The van der Waals surface area contributed by atoms with Crippen molar-refractivity contribution in [1.29, 1.82) is 0 Å². The van der Waals surface area contributed by atoms with Gasteiger partial charge in [-0.2, -0.15) is 0 Å². The lowest BCUT2D eigenvalue weighted by atomic mass is 9.33. The highest BCUT2D eigenvalue weighted by Gasteiger charge is 2.45. The lowest BCUT2D eigenvalue weighted by molar-refractivity contribution is 0.686. The minimum absolute atomic E-state index is 0.0532. The zero-order valence-electron chi connectivity index (χ0n) is 46.8. The second-order valence-corrected chi connectivity index (χ2v) is 22.2. The van der Waals surface area contributed by atoms with Gasteiger partial charge >= 0.3 is 0 Å². The van der Waals surface area contributed by atoms with Crippen molar-refractivity contribution >= 4 is 101 Å². The van der Waals surface area contributed by atoms with Gasteiger partial charge in [0.2, 0.25) is 0 Å². The van der Waals surface area contributed by atoms with E-state index in [9.17, 15) is 4.11 Å². The zero-order chi connectivity index (χ0) is 54.3. The molecule has 0 unspecified atom stereocenters. The fraction of sp³-hybridized carbons (Fsp3) is 0.108. The van der Waals surface area contributed by atoms with Gasteiger partial charge in [-0.3, -0.25) is 0 Å². The number of anilines is 6. The highest BCUT2D eigenvalue weighted by molar-refractivity contribution is 7.00. The van der Waals surface area contributed by atoms with Gasteiger partial charge in [0.15, 0.2) is 0 Å². The van der Waals surface area contributed by atoms with Crippen molar-refractivity contribution in [3.05, 3.63) is 259 Å². The molecule has 4 nitrogen and oxygen atoms in total. The van der Waals surface area contributed by atoms with E-state index in [-0.39, 0.29) is 18.1 Å². The van der Waals surface area contributed by atoms with Gasteiger partial charge in [-0.25, -0.2) is 0 Å². The Morgan fingerprint density at radius 2 is 0.684 bits per heavy atom. The predicted octanol–water partition coefficient (Wildman–Crippen LogP) is 17.1. The molecule has 0 saturated carbocycles. The van der Waals surface area contributed by atoms with E-state index in [1.54, 1.807) is 0 Å². The first-order valence-electron chi connectivity index (χ1n) is 29.9. The van der Waals surface area contributed by atoms with E-state index in [2.05, 4.69) is 237 Å². The summed E-state index contributed by atoms with van der Waals surface area (Å²) in [7, 11) is 0. The molecule has 2 aromatic heterocycles. The van der Waals surface area contributed by atoms with Crippen molar-refractivity contribution in [2.24, 2.45) is 0 Å². The van der Waals surface area contributed by atoms with Gasteiger partial charge < -0.3 is 18.9 Å². The number of benzene rings is 11. The molecule has 0 radical (unpaired) electrons. The third-order valence-electron chi connectivity index (χ3n) is 18.0. The van der Waals surface area contributed by atoms with Crippen molar-refractivity contribution in [2.45, 2.75) is 51.4 Å². The van der Waals surface area contributed by atoms with Crippen LogP contribution in [-0.4, -0.2) is 15.8 Å². The molecular weight excluding hydrogens is 956 g/mol. The molecule has 0 bridgehead atoms. The van der Waals surface area contributed by atoms with E-state index in [1.807, 2.05) is 0 Å². The Labute approximate surface area is 465 Å². The topological polar surface area (TPSA) is 16.3 Å². The summed E-state index contributed by atoms with van der Waals surface area (Å²) in [5.74, 6) is 0. The minimum atomic E-state index is -0.411. The Hall–Kier alpha value is -9.32. The fourth-order valence-electron chi connectivity index (χ4n) is 14.5. The predicted molar refractivity (Wildman–Crippen MR) is 333 cm³/mol. The lowest BCUT2D eigenvalue weighted by Gasteiger charge is -2.45. The van der Waals surface area contributed by atoms with Gasteiger partial charge in [0.05, 0.1) is 37.6 Å². The molecule has 374 valence electrons. The van der Waals surface area contributed by atoms with Crippen LogP contribution in [0.2, 0.25) is 0 Å². The molecule has 0 atom stereocenters. The third-order valence-corrected chi connectivity index (χ3v) is 18.0. The third kappa shape index (κ3) is 6.75. The molecular formula is C74H55BN4. The van der Waals surface area contributed by atoms with Crippen LogP contribution in [0.5, 0.6) is 0 Å². The van der Waals surface area contributed by atoms with Crippen molar-refractivity contribution in [2.75, 3.05) is 9.80 Å². The first kappa shape index (κ1) is 41.8. The molecule has 11 aromatic carbocycles. The number of hydrogen-bond acceptors (Lipinski definition) is 2. The molecule has 2 aliphatic carbocycles. The van der Waals surface area contributed by atoms with Crippen LogP contribution < -0.4 is 26.2 Å². The van der Waals surface area contributed by atoms with Crippen molar-refractivity contribution in [3.8, 4) is 33.6 Å². The molecule has 0 spiro atoms. The molecule has 4 heterocycles. The van der Waals surface area contributed by atoms with Gasteiger partial charge in [0.25, 0.3) is 6.71 Å². The van der Waals surface area contributed by atoms with Crippen LogP contribution >= 0.6 is 0 Å². The maximum absolute atomic E-state index is 10.6. The summed E-state index contributed by atoms with van der Waals surface area (Å²) in [6.07, 6.45) is 8.50. The normalized spacial score (nSPS) is 14.9. The average Bonchev–Trinajstić information content (AvgIpc) is 3.29. The molecule has 0 saturated heterocycles. The Balaban J connectivity index is 1.02. The van der Waals surface area contributed by atoms with Crippen molar-refractivity contribution < 1.29 is 4.11 Å². The summed E-state index contributed by atoms with van der Waals surface area (Å²) in [6, 6.07) is 80.0. The largest absolute Gasteiger partial charge is 0.311 e. The molecule has 0 fully saturated rings. The van der Waals surface area contributed by atoms with E-state index in [4.69, 9.17) is 0 Å². The van der Waals surface area contributed by atoms with Gasteiger partial charge in [-0.15, -0.1) is 0 Å². The number of aryl methyl sites for hydroxylation is 4. The smallest absolute Gasteiger partial charge is 0.252 e. The Morgan fingerprint density at radius 3 is 1.08 bits per heavy atom. The van der Waals surface area contributed by atoms with Crippen LogP contribution in [0.1, 0.15) is 52.0 Å². The van der Waals surface area contributed by atoms with Gasteiger partial charge in [-0.05, 0) is 186 Å². The molecule has 13 aromatic rings. The number of nitrogens with zero attached hydrogens (tertiary/aromatic N) is 4. The number of fused-ring (bicyclic) bond motifs is 12. The second-order valence-electron chi connectivity index (χ2n) is 22.2. The van der Waals surface area contributed by atoms with E-state index >= 15 is 0 Å². The van der Waals surface area contributed by atoms with E-state index in [0.717, 1.165) is 146 Å². The number of aromatic nitrogens is 2. The molecule has 5 heteroatoms. The minimum Gasteiger partial charge on any atom is -0.311 e. The summed E-state index contributed by atoms with van der Waals surface area (Å²) < 4.78 is 36.2. The highest BCUT2D eigenvalue weighted by Crippen LogP contribution is 2.51. The summed E-state index contributed by atoms with van der Waals surface area (Å²) in [6.45, 7) is -0.411. The average molecular weight is 1010 g/mol. The van der Waals surface area contributed by atoms with Crippen molar-refractivity contribution in [1.82, 2.24) is 9.13 Å². The maximum Gasteiger partial charge on any atom is 0.252 e. The van der Waals surface area contributed by atoms with Crippen LogP contribution in [0.15, 0.2) is 237 Å². The van der Waals surface area contributed by atoms with Gasteiger partial charge in [0, 0.05) is 66.8 Å². The first-order chi connectivity index (χ1) is 40.5. The second kappa shape index (κ2) is 17.6. The molecule has 4 aliphatic rings. The quantitative estimate of drug-likeness (QED) is 0.154. The number of hydrogen-bond donors (Lipinski definition) is 0. The van der Waals surface area contributed by atoms with E-state index < -0.39 is 6.71 Å². The molecule has 79 heavy (non-hydrogen) atoms.